The fraction of sp³-hybridized carbons (Fsp3) is 0.0333. The van der Waals surface area contributed by atoms with Crippen molar-refractivity contribution in [2.24, 2.45) is 0 Å². The fourth-order valence-electron chi connectivity index (χ4n) is 9.99. The van der Waals surface area contributed by atoms with Gasteiger partial charge >= 0.3 is 0 Å². The first-order valence-electron chi connectivity index (χ1n) is 21.7. The Morgan fingerprint density at radius 3 is 1.84 bits per heavy atom. The van der Waals surface area contributed by atoms with Crippen LogP contribution < -0.4 is 4.90 Å². The largest absolute Gasteiger partial charge is 0.456 e. The van der Waals surface area contributed by atoms with E-state index in [9.17, 15) is 0 Å². The molecule has 12 rings (SSSR count). The van der Waals surface area contributed by atoms with E-state index in [0.717, 1.165) is 50.1 Å². The molecular weight excluding hydrogens is 765 g/mol. The fourth-order valence-corrected chi connectivity index (χ4v) is 9.99. The standard InChI is InChI=1S/C60H42N2O/c1-4-17-42(18-5-1)48-23-10-11-26-53(48)60-49(43-19-6-2-7-20-43)27-16-29-57(60)61(46-34-31-41(32-35-46)44-33-37-52-51-25-13-15-30-58(51)63-59(52)39-44)47-36-38-56-54(40-47)50-24-12-14-28-55(50)62(56)45-21-8-3-9-22-45/h1-40,57,60H. The second-order valence-corrected chi connectivity index (χ2v) is 16.4. The highest BCUT2D eigenvalue weighted by atomic mass is 16.3. The Kier molecular flexibility index (Phi) is 8.97. The molecule has 1 aliphatic carbocycles. The highest BCUT2D eigenvalue weighted by Crippen LogP contribution is 2.48. The first kappa shape index (κ1) is 36.7. The van der Waals surface area contributed by atoms with Crippen molar-refractivity contribution in [3.63, 3.8) is 0 Å². The third kappa shape index (κ3) is 6.36. The highest BCUT2D eigenvalue weighted by molar-refractivity contribution is 6.10. The van der Waals surface area contributed by atoms with Gasteiger partial charge in [-0.15, -0.1) is 0 Å². The first-order chi connectivity index (χ1) is 31.3. The molecule has 0 saturated heterocycles. The van der Waals surface area contributed by atoms with Gasteiger partial charge in [-0.05, 0) is 106 Å². The molecule has 0 N–H and O–H groups in total. The van der Waals surface area contributed by atoms with Crippen LogP contribution in [0.1, 0.15) is 17.0 Å². The third-order valence-electron chi connectivity index (χ3n) is 12.9. The zero-order chi connectivity index (χ0) is 41.7. The maximum atomic E-state index is 6.33. The van der Waals surface area contributed by atoms with E-state index in [4.69, 9.17) is 4.42 Å². The van der Waals surface area contributed by atoms with E-state index in [2.05, 4.69) is 240 Å². The molecule has 3 heteroatoms. The van der Waals surface area contributed by atoms with E-state index in [1.165, 1.54) is 49.6 Å². The highest BCUT2D eigenvalue weighted by Gasteiger charge is 2.35. The van der Waals surface area contributed by atoms with Crippen LogP contribution in [0.5, 0.6) is 0 Å². The first-order valence-corrected chi connectivity index (χ1v) is 21.7. The summed E-state index contributed by atoms with van der Waals surface area (Å²) in [5, 5.41) is 4.72. The number of hydrogen-bond acceptors (Lipinski definition) is 2. The Labute approximate surface area is 366 Å². The third-order valence-corrected chi connectivity index (χ3v) is 12.9. The van der Waals surface area contributed by atoms with E-state index >= 15 is 0 Å². The minimum Gasteiger partial charge on any atom is -0.456 e. The second kappa shape index (κ2) is 15.4. The van der Waals surface area contributed by atoms with Crippen LogP contribution in [0.25, 0.3) is 77.3 Å². The molecule has 2 heterocycles. The molecule has 11 aromatic rings. The summed E-state index contributed by atoms with van der Waals surface area (Å²) in [5.41, 5.74) is 16.1. The van der Waals surface area contributed by atoms with Gasteiger partial charge in [0.1, 0.15) is 11.2 Å². The van der Waals surface area contributed by atoms with Crippen molar-refractivity contribution in [1.82, 2.24) is 4.57 Å². The number of rotatable bonds is 8. The average molecular weight is 807 g/mol. The lowest BCUT2D eigenvalue weighted by atomic mass is 9.75. The molecule has 298 valence electrons. The van der Waals surface area contributed by atoms with Crippen LogP contribution in [-0.2, 0) is 0 Å². The lowest BCUT2D eigenvalue weighted by molar-refractivity contribution is 0.669. The number of furan rings is 1. The van der Waals surface area contributed by atoms with Gasteiger partial charge in [0.15, 0.2) is 0 Å². The van der Waals surface area contributed by atoms with Gasteiger partial charge in [0.2, 0.25) is 0 Å². The molecule has 0 bridgehead atoms. The van der Waals surface area contributed by atoms with Crippen molar-refractivity contribution >= 4 is 60.7 Å². The van der Waals surface area contributed by atoms with Crippen molar-refractivity contribution in [1.29, 1.82) is 0 Å². The molecule has 0 radical (unpaired) electrons. The minimum atomic E-state index is -0.0901. The number of allylic oxidation sites excluding steroid dienone is 2. The molecular formula is C60H42N2O. The van der Waals surface area contributed by atoms with Crippen molar-refractivity contribution in [2.75, 3.05) is 4.90 Å². The van der Waals surface area contributed by atoms with Crippen LogP contribution in [-0.4, -0.2) is 10.6 Å². The molecule has 0 aliphatic heterocycles. The molecule has 0 saturated carbocycles. The summed E-state index contributed by atoms with van der Waals surface area (Å²) in [7, 11) is 0. The Morgan fingerprint density at radius 2 is 1.03 bits per heavy atom. The van der Waals surface area contributed by atoms with Gasteiger partial charge in [0, 0.05) is 44.5 Å². The predicted octanol–water partition coefficient (Wildman–Crippen LogP) is 16.0. The zero-order valence-corrected chi connectivity index (χ0v) is 34.6. The number of para-hydroxylation sites is 3. The Hall–Kier alpha value is -8.14. The number of benzene rings is 9. The molecule has 0 fully saturated rings. The quantitative estimate of drug-likeness (QED) is 0.153. The summed E-state index contributed by atoms with van der Waals surface area (Å²) in [4.78, 5) is 2.57. The van der Waals surface area contributed by atoms with E-state index in [-0.39, 0.29) is 12.0 Å². The van der Waals surface area contributed by atoms with Gasteiger partial charge in [-0.25, -0.2) is 0 Å². The average Bonchev–Trinajstić information content (AvgIpc) is 3.90. The Bertz CT molecular complexity index is 3500. The summed E-state index contributed by atoms with van der Waals surface area (Å²) in [6, 6.07) is 81.1. The summed E-state index contributed by atoms with van der Waals surface area (Å²) in [5.74, 6) is -0.0228. The lowest BCUT2D eigenvalue weighted by Gasteiger charge is -2.41. The monoisotopic (exact) mass is 806 g/mol. The maximum absolute atomic E-state index is 6.33. The van der Waals surface area contributed by atoms with Gasteiger partial charge in [0.25, 0.3) is 0 Å². The topological polar surface area (TPSA) is 21.3 Å². The Morgan fingerprint density at radius 1 is 0.413 bits per heavy atom. The Balaban J connectivity index is 1.06. The van der Waals surface area contributed by atoms with Crippen molar-refractivity contribution < 1.29 is 4.42 Å². The lowest BCUT2D eigenvalue weighted by Crippen LogP contribution is -2.37. The van der Waals surface area contributed by atoms with Crippen LogP contribution in [0.2, 0.25) is 0 Å². The van der Waals surface area contributed by atoms with Crippen LogP contribution >= 0.6 is 0 Å². The summed E-state index contributed by atoms with van der Waals surface area (Å²) >= 11 is 0. The van der Waals surface area contributed by atoms with Crippen molar-refractivity contribution in [2.45, 2.75) is 12.0 Å². The molecule has 0 amide bonds. The molecule has 9 aromatic carbocycles. The molecule has 0 spiro atoms. The summed E-state index contributed by atoms with van der Waals surface area (Å²) in [6.07, 6.45) is 6.99. The molecule has 2 unspecified atom stereocenters. The van der Waals surface area contributed by atoms with Crippen molar-refractivity contribution in [3.8, 4) is 27.9 Å². The number of anilines is 2. The van der Waals surface area contributed by atoms with Gasteiger partial charge in [-0.3, -0.25) is 0 Å². The van der Waals surface area contributed by atoms with Crippen LogP contribution in [0, 0.1) is 0 Å². The molecule has 2 atom stereocenters. The molecule has 2 aromatic heterocycles. The summed E-state index contributed by atoms with van der Waals surface area (Å²) < 4.78 is 8.72. The van der Waals surface area contributed by atoms with Gasteiger partial charge < -0.3 is 13.9 Å². The number of fused-ring (bicyclic) bond motifs is 6. The SMILES string of the molecule is C1=CC(N(c2ccc(-c3ccc4c(c3)oc3ccccc34)cc2)c2ccc3c(c2)c2ccccc2n3-c2ccccc2)C(c2ccccc2-c2ccccc2)C(c2ccccc2)=C1. The minimum absolute atomic E-state index is 0.0228. The number of aromatic nitrogens is 1. The molecule has 3 nitrogen and oxygen atoms in total. The van der Waals surface area contributed by atoms with Crippen LogP contribution in [0.3, 0.4) is 0 Å². The second-order valence-electron chi connectivity index (χ2n) is 16.4. The van der Waals surface area contributed by atoms with E-state index < -0.39 is 0 Å². The maximum Gasteiger partial charge on any atom is 0.136 e. The van der Waals surface area contributed by atoms with E-state index in [1.54, 1.807) is 0 Å². The van der Waals surface area contributed by atoms with Crippen LogP contribution in [0.4, 0.5) is 11.4 Å². The van der Waals surface area contributed by atoms with E-state index in [0.29, 0.717) is 0 Å². The smallest absolute Gasteiger partial charge is 0.136 e. The van der Waals surface area contributed by atoms with Gasteiger partial charge in [-0.2, -0.15) is 0 Å². The van der Waals surface area contributed by atoms with Gasteiger partial charge in [-0.1, -0.05) is 176 Å². The van der Waals surface area contributed by atoms with Gasteiger partial charge in [0.05, 0.1) is 17.1 Å². The zero-order valence-electron chi connectivity index (χ0n) is 34.6. The summed E-state index contributed by atoms with van der Waals surface area (Å²) in [6.45, 7) is 0. The molecule has 63 heavy (non-hydrogen) atoms. The number of hydrogen-bond donors (Lipinski definition) is 0. The normalized spacial score (nSPS) is 15.0. The van der Waals surface area contributed by atoms with E-state index in [1.807, 2.05) is 12.1 Å². The van der Waals surface area contributed by atoms with Crippen LogP contribution in [0.15, 0.2) is 247 Å². The number of nitrogens with zero attached hydrogens (tertiary/aromatic N) is 2. The van der Waals surface area contributed by atoms with Crippen molar-refractivity contribution in [3.05, 3.63) is 254 Å². The molecule has 1 aliphatic rings. The predicted molar refractivity (Wildman–Crippen MR) is 264 cm³/mol.